The number of esters is 1. The van der Waals surface area contributed by atoms with E-state index in [0.717, 1.165) is 4.47 Å². The highest BCUT2D eigenvalue weighted by molar-refractivity contribution is 9.10. The number of halogens is 1. The van der Waals surface area contributed by atoms with E-state index in [9.17, 15) is 4.79 Å². The number of carbonyl (C=O) groups excluding carboxylic acids is 1. The molecule has 0 bridgehead atoms. The summed E-state index contributed by atoms with van der Waals surface area (Å²) in [4.78, 5) is 14.9. The van der Waals surface area contributed by atoms with E-state index >= 15 is 0 Å². The van der Waals surface area contributed by atoms with Crippen LogP contribution in [0.3, 0.4) is 0 Å². The SMILES string of the molecule is COC(=O)Cc1cc(Br)cc(C#N)n1. The van der Waals surface area contributed by atoms with Crippen molar-refractivity contribution in [3.05, 3.63) is 28.0 Å². The van der Waals surface area contributed by atoms with Gasteiger partial charge >= 0.3 is 5.97 Å². The molecule has 1 heterocycles. The first-order chi connectivity index (χ1) is 6.65. The van der Waals surface area contributed by atoms with Gasteiger partial charge in [-0.3, -0.25) is 4.79 Å². The topological polar surface area (TPSA) is 63.0 Å². The Hall–Kier alpha value is -1.41. The van der Waals surface area contributed by atoms with Crippen molar-refractivity contribution >= 4 is 21.9 Å². The molecule has 1 aromatic heterocycles. The Kier molecular flexibility index (Phi) is 3.60. The van der Waals surface area contributed by atoms with Crippen LogP contribution in [0.4, 0.5) is 0 Å². The van der Waals surface area contributed by atoms with Crippen LogP contribution in [0.2, 0.25) is 0 Å². The Bertz CT molecular complexity index is 398. The summed E-state index contributed by atoms with van der Waals surface area (Å²) in [6, 6.07) is 5.17. The highest BCUT2D eigenvalue weighted by Crippen LogP contribution is 2.12. The summed E-state index contributed by atoms with van der Waals surface area (Å²) in [7, 11) is 1.31. The van der Waals surface area contributed by atoms with Gasteiger partial charge in [0.2, 0.25) is 0 Å². The van der Waals surface area contributed by atoms with E-state index < -0.39 is 0 Å². The second kappa shape index (κ2) is 4.72. The number of nitrogens with zero attached hydrogens (tertiary/aromatic N) is 2. The van der Waals surface area contributed by atoms with Crippen LogP contribution >= 0.6 is 15.9 Å². The van der Waals surface area contributed by atoms with Gasteiger partial charge in [-0.1, -0.05) is 15.9 Å². The molecule has 0 aliphatic heterocycles. The highest BCUT2D eigenvalue weighted by Gasteiger charge is 2.06. The van der Waals surface area contributed by atoms with Crippen LogP contribution in [0.5, 0.6) is 0 Å². The van der Waals surface area contributed by atoms with Gasteiger partial charge in [-0.25, -0.2) is 4.98 Å². The molecule has 0 saturated heterocycles. The minimum Gasteiger partial charge on any atom is -0.469 e. The van der Waals surface area contributed by atoms with Crippen molar-refractivity contribution in [3.63, 3.8) is 0 Å². The van der Waals surface area contributed by atoms with Crippen LogP contribution in [-0.4, -0.2) is 18.1 Å². The van der Waals surface area contributed by atoms with Crippen molar-refractivity contribution in [1.82, 2.24) is 4.98 Å². The van der Waals surface area contributed by atoms with Gasteiger partial charge in [0.1, 0.15) is 11.8 Å². The zero-order valence-corrected chi connectivity index (χ0v) is 9.04. The molecule has 5 heteroatoms. The highest BCUT2D eigenvalue weighted by atomic mass is 79.9. The normalized spacial score (nSPS) is 9.21. The summed E-state index contributed by atoms with van der Waals surface area (Å²) < 4.78 is 5.22. The summed E-state index contributed by atoms with van der Waals surface area (Å²) in [5.74, 6) is -0.375. The minimum absolute atomic E-state index is 0.0740. The molecule has 0 unspecified atom stereocenters. The minimum atomic E-state index is -0.375. The molecule has 14 heavy (non-hydrogen) atoms. The van der Waals surface area contributed by atoms with Gasteiger partial charge in [0.25, 0.3) is 0 Å². The second-order valence-electron chi connectivity index (χ2n) is 2.53. The Morgan fingerprint density at radius 3 is 3.00 bits per heavy atom. The van der Waals surface area contributed by atoms with E-state index in [0.29, 0.717) is 5.69 Å². The quantitative estimate of drug-likeness (QED) is 0.750. The third-order valence-corrected chi connectivity index (χ3v) is 1.97. The number of hydrogen-bond acceptors (Lipinski definition) is 4. The molecule has 0 atom stereocenters. The molecule has 1 rings (SSSR count). The van der Waals surface area contributed by atoms with Crippen LogP contribution in [0.15, 0.2) is 16.6 Å². The van der Waals surface area contributed by atoms with Crippen LogP contribution < -0.4 is 0 Å². The number of carbonyl (C=O) groups is 1. The molecule has 0 amide bonds. The lowest BCUT2D eigenvalue weighted by atomic mass is 10.2. The fraction of sp³-hybridized carbons (Fsp3) is 0.222. The molecule has 0 aliphatic carbocycles. The molecule has 0 aromatic carbocycles. The lowest BCUT2D eigenvalue weighted by molar-refractivity contribution is -0.139. The van der Waals surface area contributed by atoms with E-state index in [-0.39, 0.29) is 18.1 Å². The molecular formula is C9H7BrN2O2. The van der Waals surface area contributed by atoms with E-state index in [1.54, 1.807) is 12.1 Å². The van der Waals surface area contributed by atoms with E-state index in [1.165, 1.54) is 7.11 Å². The van der Waals surface area contributed by atoms with E-state index in [2.05, 4.69) is 25.7 Å². The monoisotopic (exact) mass is 254 g/mol. The summed E-state index contributed by atoms with van der Waals surface area (Å²) >= 11 is 3.22. The van der Waals surface area contributed by atoms with Crippen molar-refractivity contribution in [2.24, 2.45) is 0 Å². The third kappa shape index (κ3) is 2.82. The van der Waals surface area contributed by atoms with Crippen molar-refractivity contribution in [1.29, 1.82) is 5.26 Å². The van der Waals surface area contributed by atoms with Crippen LogP contribution in [-0.2, 0) is 16.0 Å². The van der Waals surface area contributed by atoms with Crippen LogP contribution in [0, 0.1) is 11.3 Å². The summed E-state index contributed by atoms with van der Waals surface area (Å²) in [6.45, 7) is 0. The van der Waals surface area contributed by atoms with Gasteiger partial charge in [-0.15, -0.1) is 0 Å². The first-order valence-corrected chi connectivity index (χ1v) is 4.58. The molecule has 0 spiro atoms. The number of nitriles is 1. The first kappa shape index (κ1) is 10.7. The van der Waals surface area contributed by atoms with Gasteiger partial charge in [0, 0.05) is 4.47 Å². The first-order valence-electron chi connectivity index (χ1n) is 3.79. The van der Waals surface area contributed by atoms with Crippen molar-refractivity contribution in [2.45, 2.75) is 6.42 Å². The zero-order valence-electron chi connectivity index (χ0n) is 7.45. The molecule has 72 valence electrons. The third-order valence-electron chi connectivity index (χ3n) is 1.51. The molecule has 0 fully saturated rings. The maximum atomic E-state index is 10.9. The fourth-order valence-corrected chi connectivity index (χ4v) is 1.40. The van der Waals surface area contributed by atoms with Crippen LogP contribution in [0.25, 0.3) is 0 Å². The maximum Gasteiger partial charge on any atom is 0.311 e. The molecular weight excluding hydrogens is 248 g/mol. The lowest BCUT2D eigenvalue weighted by Crippen LogP contribution is -2.06. The van der Waals surface area contributed by atoms with Gasteiger partial charge in [0.15, 0.2) is 0 Å². The Morgan fingerprint density at radius 2 is 2.43 bits per heavy atom. The largest absolute Gasteiger partial charge is 0.469 e. The molecule has 4 nitrogen and oxygen atoms in total. The Balaban J connectivity index is 2.93. The van der Waals surface area contributed by atoms with Crippen molar-refractivity contribution < 1.29 is 9.53 Å². The molecule has 0 radical (unpaired) electrons. The van der Waals surface area contributed by atoms with Gasteiger partial charge in [-0.2, -0.15) is 5.26 Å². The Morgan fingerprint density at radius 1 is 1.71 bits per heavy atom. The number of pyridine rings is 1. The summed E-state index contributed by atoms with van der Waals surface area (Å²) in [5.41, 5.74) is 0.793. The maximum absolute atomic E-state index is 10.9. The molecule has 0 saturated carbocycles. The number of methoxy groups -OCH3 is 1. The van der Waals surface area contributed by atoms with Gasteiger partial charge in [-0.05, 0) is 12.1 Å². The van der Waals surface area contributed by atoms with E-state index in [4.69, 9.17) is 5.26 Å². The Labute approximate surface area is 89.6 Å². The summed E-state index contributed by atoms with van der Waals surface area (Å²) in [5, 5.41) is 8.63. The average molecular weight is 255 g/mol. The number of rotatable bonds is 2. The van der Waals surface area contributed by atoms with Crippen LogP contribution in [0.1, 0.15) is 11.4 Å². The molecule has 0 aliphatic rings. The predicted octanol–water partition coefficient (Wildman–Crippen LogP) is 1.43. The standard InChI is InChI=1S/C9H7BrN2O2/c1-14-9(13)4-7-2-6(10)3-8(5-11)12-7/h2-3H,4H2,1H3. The smallest absolute Gasteiger partial charge is 0.311 e. The fourth-order valence-electron chi connectivity index (χ4n) is 0.919. The van der Waals surface area contributed by atoms with E-state index in [1.807, 2.05) is 6.07 Å². The van der Waals surface area contributed by atoms with Crippen molar-refractivity contribution in [3.8, 4) is 6.07 Å². The molecule has 0 N–H and O–H groups in total. The van der Waals surface area contributed by atoms with Crippen molar-refractivity contribution in [2.75, 3.05) is 7.11 Å². The van der Waals surface area contributed by atoms with Gasteiger partial charge < -0.3 is 4.74 Å². The number of aromatic nitrogens is 1. The summed E-state index contributed by atoms with van der Waals surface area (Å²) in [6.07, 6.45) is 0.0740. The van der Waals surface area contributed by atoms with Gasteiger partial charge in [0.05, 0.1) is 19.2 Å². The lowest BCUT2D eigenvalue weighted by Gasteiger charge is -2.00. The zero-order chi connectivity index (χ0) is 10.6. The second-order valence-corrected chi connectivity index (χ2v) is 3.44. The predicted molar refractivity (Wildman–Crippen MR) is 52.4 cm³/mol. The number of hydrogen-bond donors (Lipinski definition) is 0. The average Bonchev–Trinajstić information content (AvgIpc) is 2.16. The molecule has 1 aromatic rings. The number of ether oxygens (including phenoxy) is 1.